The predicted octanol–water partition coefficient (Wildman–Crippen LogP) is 2.41. The lowest BCUT2D eigenvalue weighted by Gasteiger charge is -2.32. The fraction of sp³-hybridized carbons (Fsp3) is 0.714. The first-order chi connectivity index (χ1) is 8.39. The minimum Gasteiger partial charge on any atom is -0.362 e. The number of nitrogens with one attached hydrogen (secondary N) is 1. The van der Waals surface area contributed by atoms with Crippen molar-refractivity contribution in [2.75, 3.05) is 5.32 Å². The molecule has 2 unspecified atom stereocenters. The summed E-state index contributed by atoms with van der Waals surface area (Å²) in [5, 5.41) is 3.36. The number of hydrogen-bond donors (Lipinski definition) is 1. The molecule has 0 radical (unpaired) electrons. The molecule has 0 bridgehead atoms. The molecule has 1 aromatic heterocycles. The lowest BCUT2D eigenvalue weighted by molar-refractivity contribution is 0.232. The summed E-state index contributed by atoms with van der Waals surface area (Å²) in [5.74, 6) is 1.09. The first-order valence-corrected chi connectivity index (χ1v) is 6.68. The first-order valence-electron chi connectivity index (χ1n) is 6.68. The van der Waals surface area contributed by atoms with Crippen LogP contribution in [0, 0.1) is 11.3 Å². The Balaban J connectivity index is 2.19. The standard InChI is InChI=1S/C14H23N3O/c1-14(2,3)10-6-5-7-11(10)16-12-13(18)17(4)9-8-15-12/h8-11H,5-7H2,1-4H3,(H,15,16). The first kappa shape index (κ1) is 13.1. The second-order valence-electron chi connectivity index (χ2n) is 6.35. The Kier molecular flexibility index (Phi) is 3.46. The summed E-state index contributed by atoms with van der Waals surface area (Å²) in [7, 11) is 1.76. The highest BCUT2D eigenvalue weighted by Gasteiger charge is 2.36. The molecule has 18 heavy (non-hydrogen) atoms. The van der Waals surface area contributed by atoms with Crippen LogP contribution in [0.25, 0.3) is 0 Å². The van der Waals surface area contributed by atoms with E-state index in [0.717, 1.165) is 6.42 Å². The molecule has 2 atom stereocenters. The number of aryl methyl sites for hydroxylation is 1. The van der Waals surface area contributed by atoms with E-state index in [1.807, 2.05) is 0 Å². The average molecular weight is 249 g/mol. The van der Waals surface area contributed by atoms with Gasteiger partial charge in [0.25, 0.3) is 5.56 Å². The molecule has 1 N–H and O–H groups in total. The maximum Gasteiger partial charge on any atom is 0.293 e. The van der Waals surface area contributed by atoms with Crippen molar-refractivity contribution >= 4 is 5.82 Å². The van der Waals surface area contributed by atoms with Gasteiger partial charge in [0.2, 0.25) is 0 Å². The molecule has 0 spiro atoms. The van der Waals surface area contributed by atoms with Gasteiger partial charge in [-0.1, -0.05) is 27.2 Å². The van der Waals surface area contributed by atoms with Gasteiger partial charge in [0.05, 0.1) is 0 Å². The van der Waals surface area contributed by atoms with Crippen LogP contribution < -0.4 is 10.9 Å². The van der Waals surface area contributed by atoms with Gasteiger partial charge in [-0.15, -0.1) is 0 Å². The number of hydrogen-bond acceptors (Lipinski definition) is 3. The van der Waals surface area contributed by atoms with Crippen LogP contribution in [-0.4, -0.2) is 15.6 Å². The second-order valence-corrected chi connectivity index (χ2v) is 6.35. The Hall–Kier alpha value is -1.32. The van der Waals surface area contributed by atoms with Crippen LogP contribution >= 0.6 is 0 Å². The van der Waals surface area contributed by atoms with E-state index in [4.69, 9.17) is 0 Å². The molecule has 100 valence electrons. The zero-order valence-electron chi connectivity index (χ0n) is 11.7. The Bertz CT molecular complexity index is 473. The summed E-state index contributed by atoms with van der Waals surface area (Å²) in [6.45, 7) is 6.82. The summed E-state index contributed by atoms with van der Waals surface area (Å²) in [6.07, 6.45) is 6.94. The third-order valence-corrected chi connectivity index (χ3v) is 3.97. The molecule has 1 fully saturated rings. The quantitative estimate of drug-likeness (QED) is 0.875. The van der Waals surface area contributed by atoms with Crippen molar-refractivity contribution in [1.82, 2.24) is 9.55 Å². The van der Waals surface area contributed by atoms with Crippen molar-refractivity contribution < 1.29 is 0 Å². The average Bonchev–Trinajstić information content (AvgIpc) is 2.72. The van der Waals surface area contributed by atoms with Gasteiger partial charge in [-0.2, -0.15) is 0 Å². The topological polar surface area (TPSA) is 46.9 Å². The molecule has 1 aromatic rings. The predicted molar refractivity (Wildman–Crippen MR) is 73.7 cm³/mol. The minimum atomic E-state index is -0.0444. The van der Waals surface area contributed by atoms with Gasteiger partial charge in [0.1, 0.15) is 0 Å². The van der Waals surface area contributed by atoms with E-state index in [1.165, 1.54) is 12.8 Å². The third kappa shape index (κ3) is 2.57. The van der Waals surface area contributed by atoms with E-state index in [0.29, 0.717) is 17.8 Å². The van der Waals surface area contributed by atoms with E-state index >= 15 is 0 Å². The van der Waals surface area contributed by atoms with E-state index in [1.54, 1.807) is 24.0 Å². The van der Waals surface area contributed by atoms with Crippen molar-refractivity contribution in [2.45, 2.75) is 46.1 Å². The molecule has 1 aliphatic carbocycles. The van der Waals surface area contributed by atoms with Gasteiger partial charge >= 0.3 is 0 Å². The van der Waals surface area contributed by atoms with Gasteiger partial charge in [-0.25, -0.2) is 4.98 Å². The highest BCUT2D eigenvalue weighted by atomic mass is 16.1. The van der Waals surface area contributed by atoms with E-state index < -0.39 is 0 Å². The molecule has 1 heterocycles. The van der Waals surface area contributed by atoms with Crippen LogP contribution in [0.2, 0.25) is 0 Å². The minimum absolute atomic E-state index is 0.0444. The molecule has 1 aliphatic rings. The zero-order chi connectivity index (χ0) is 13.3. The van der Waals surface area contributed by atoms with Crippen LogP contribution in [0.5, 0.6) is 0 Å². The molecule has 2 rings (SSSR count). The van der Waals surface area contributed by atoms with E-state index in [2.05, 4.69) is 31.1 Å². The lowest BCUT2D eigenvalue weighted by Crippen LogP contribution is -2.36. The fourth-order valence-corrected chi connectivity index (χ4v) is 2.94. The van der Waals surface area contributed by atoms with Crippen molar-refractivity contribution in [3.05, 3.63) is 22.7 Å². The largest absolute Gasteiger partial charge is 0.362 e. The second kappa shape index (κ2) is 4.75. The molecule has 4 nitrogen and oxygen atoms in total. The summed E-state index contributed by atoms with van der Waals surface area (Å²) < 4.78 is 1.57. The summed E-state index contributed by atoms with van der Waals surface area (Å²) in [4.78, 5) is 16.1. The van der Waals surface area contributed by atoms with Crippen molar-refractivity contribution in [3.63, 3.8) is 0 Å². The molecular formula is C14H23N3O. The Labute approximate surface area is 108 Å². The fourth-order valence-electron chi connectivity index (χ4n) is 2.94. The van der Waals surface area contributed by atoms with Crippen molar-refractivity contribution in [2.24, 2.45) is 18.4 Å². The smallest absolute Gasteiger partial charge is 0.293 e. The monoisotopic (exact) mass is 249 g/mol. The molecule has 0 saturated heterocycles. The summed E-state index contributed by atoms with van der Waals surface area (Å²) in [5.41, 5.74) is 0.228. The third-order valence-electron chi connectivity index (χ3n) is 3.97. The van der Waals surface area contributed by atoms with E-state index in [-0.39, 0.29) is 11.0 Å². The normalized spacial score (nSPS) is 24.2. The lowest BCUT2D eigenvalue weighted by atomic mass is 9.77. The number of anilines is 1. The van der Waals surface area contributed by atoms with Crippen LogP contribution in [0.1, 0.15) is 40.0 Å². The highest BCUT2D eigenvalue weighted by Crippen LogP contribution is 2.40. The van der Waals surface area contributed by atoms with Gasteiger partial charge in [-0.3, -0.25) is 4.79 Å². The molecular weight excluding hydrogens is 226 g/mol. The number of nitrogens with zero attached hydrogens (tertiary/aromatic N) is 2. The maximum absolute atomic E-state index is 12.0. The van der Waals surface area contributed by atoms with E-state index in [9.17, 15) is 4.79 Å². The van der Waals surface area contributed by atoms with Crippen LogP contribution in [0.4, 0.5) is 5.82 Å². The SMILES string of the molecule is Cn1ccnc(NC2CCCC2C(C)(C)C)c1=O. The Morgan fingerprint density at radius 3 is 2.78 bits per heavy atom. The summed E-state index contributed by atoms with van der Waals surface area (Å²) >= 11 is 0. The molecule has 0 amide bonds. The van der Waals surface area contributed by atoms with Gasteiger partial charge in [-0.05, 0) is 24.2 Å². The van der Waals surface area contributed by atoms with Crippen LogP contribution in [0.15, 0.2) is 17.2 Å². The van der Waals surface area contributed by atoms with Gasteiger partial charge in [0.15, 0.2) is 5.82 Å². The zero-order valence-corrected chi connectivity index (χ0v) is 11.7. The number of rotatable bonds is 2. The molecule has 0 aliphatic heterocycles. The Morgan fingerprint density at radius 1 is 1.39 bits per heavy atom. The van der Waals surface area contributed by atoms with Gasteiger partial charge in [0, 0.05) is 25.5 Å². The molecule has 0 aromatic carbocycles. The van der Waals surface area contributed by atoms with Crippen LogP contribution in [-0.2, 0) is 7.05 Å². The van der Waals surface area contributed by atoms with Crippen molar-refractivity contribution in [1.29, 1.82) is 0 Å². The number of aromatic nitrogens is 2. The van der Waals surface area contributed by atoms with Crippen molar-refractivity contribution in [3.8, 4) is 0 Å². The van der Waals surface area contributed by atoms with Gasteiger partial charge < -0.3 is 9.88 Å². The molecule has 1 saturated carbocycles. The summed E-state index contributed by atoms with van der Waals surface area (Å²) in [6, 6.07) is 0.368. The van der Waals surface area contributed by atoms with Crippen LogP contribution in [0.3, 0.4) is 0 Å². The molecule has 4 heteroatoms. The highest BCUT2D eigenvalue weighted by molar-refractivity contribution is 5.33. The Morgan fingerprint density at radius 2 is 2.11 bits per heavy atom. The maximum atomic E-state index is 12.0.